The number of nitrogens with one attached hydrogen (secondary N) is 1. The summed E-state index contributed by atoms with van der Waals surface area (Å²) in [5, 5.41) is 12.1. The zero-order valence-electron chi connectivity index (χ0n) is 16.6. The molecule has 150 valence electrons. The molecule has 0 aromatic heterocycles. The fraction of sp³-hybridized carbons (Fsp3) is 0.591. The van der Waals surface area contributed by atoms with Crippen LogP contribution in [0.1, 0.15) is 38.2 Å². The second-order valence-electron chi connectivity index (χ2n) is 8.03. The fourth-order valence-corrected chi connectivity index (χ4v) is 4.71. The molecule has 2 fully saturated rings. The van der Waals surface area contributed by atoms with Gasteiger partial charge in [-0.2, -0.15) is 5.26 Å². The molecule has 2 aliphatic rings. The number of nitriles is 1. The summed E-state index contributed by atoms with van der Waals surface area (Å²) in [6, 6.07) is 11.3. The van der Waals surface area contributed by atoms with Crippen LogP contribution in [0.15, 0.2) is 30.3 Å². The van der Waals surface area contributed by atoms with E-state index < -0.39 is 6.04 Å². The number of fused-ring (bicyclic) bond motifs is 2. The van der Waals surface area contributed by atoms with E-state index >= 15 is 0 Å². The van der Waals surface area contributed by atoms with Gasteiger partial charge in [0.25, 0.3) is 0 Å². The third-order valence-electron chi connectivity index (χ3n) is 6.16. The Hall–Kier alpha value is -2.39. The Kier molecular flexibility index (Phi) is 6.69. The van der Waals surface area contributed by atoms with E-state index in [-0.39, 0.29) is 30.4 Å². The Bertz CT molecular complexity index is 730. The van der Waals surface area contributed by atoms with E-state index in [0.717, 1.165) is 24.8 Å². The van der Waals surface area contributed by atoms with Gasteiger partial charge in [-0.15, -0.1) is 0 Å². The summed E-state index contributed by atoms with van der Waals surface area (Å²) in [7, 11) is 1.71. The quantitative estimate of drug-likeness (QED) is 0.698. The first-order chi connectivity index (χ1) is 13.5. The van der Waals surface area contributed by atoms with E-state index in [2.05, 4.69) is 11.4 Å². The van der Waals surface area contributed by atoms with Crippen molar-refractivity contribution in [3.8, 4) is 6.07 Å². The number of esters is 1. The van der Waals surface area contributed by atoms with Crippen LogP contribution in [-0.4, -0.2) is 42.5 Å². The minimum atomic E-state index is -0.391. The molecule has 0 saturated heterocycles. The maximum absolute atomic E-state index is 12.9. The van der Waals surface area contributed by atoms with Gasteiger partial charge >= 0.3 is 5.97 Å². The molecular weight excluding hydrogens is 354 g/mol. The first kappa shape index (κ1) is 20.3. The molecule has 1 N–H and O–H groups in total. The van der Waals surface area contributed by atoms with E-state index in [9.17, 15) is 9.59 Å². The van der Waals surface area contributed by atoms with Crippen LogP contribution in [0.3, 0.4) is 0 Å². The van der Waals surface area contributed by atoms with Crippen LogP contribution in [0, 0.1) is 29.1 Å². The van der Waals surface area contributed by atoms with Crippen molar-refractivity contribution < 1.29 is 14.3 Å². The third-order valence-corrected chi connectivity index (χ3v) is 6.16. The molecule has 2 saturated carbocycles. The van der Waals surface area contributed by atoms with Crippen molar-refractivity contribution in [1.82, 2.24) is 10.2 Å². The van der Waals surface area contributed by atoms with Gasteiger partial charge in [-0.25, -0.2) is 0 Å². The molecule has 3 rings (SSSR count). The number of likely N-dealkylation sites (N-methyl/N-ethyl adjacent to an activating group) is 1. The summed E-state index contributed by atoms with van der Waals surface area (Å²) < 4.78 is 5.63. The van der Waals surface area contributed by atoms with Crippen LogP contribution in [-0.2, 0) is 20.9 Å². The Morgan fingerprint density at radius 2 is 2.00 bits per heavy atom. The molecule has 0 radical (unpaired) electrons. The second kappa shape index (κ2) is 9.20. The molecule has 0 heterocycles. The maximum atomic E-state index is 12.9. The highest BCUT2D eigenvalue weighted by Crippen LogP contribution is 2.49. The molecule has 0 aliphatic heterocycles. The Morgan fingerprint density at radius 3 is 2.71 bits per heavy atom. The van der Waals surface area contributed by atoms with Gasteiger partial charge < -0.3 is 15.0 Å². The van der Waals surface area contributed by atoms with Crippen LogP contribution in [0.2, 0.25) is 0 Å². The third kappa shape index (κ3) is 4.53. The van der Waals surface area contributed by atoms with E-state index in [1.165, 1.54) is 0 Å². The number of carbonyl (C=O) groups is 2. The number of hydrogen-bond donors (Lipinski definition) is 1. The lowest BCUT2D eigenvalue weighted by Crippen LogP contribution is -2.53. The van der Waals surface area contributed by atoms with Crippen molar-refractivity contribution >= 4 is 11.9 Å². The zero-order chi connectivity index (χ0) is 20.1. The lowest BCUT2D eigenvalue weighted by Gasteiger charge is -2.33. The average Bonchev–Trinajstić information content (AvgIpc) is 3.32. The van der Waals surface area contributed by atoms with Crippen molar-refractivity contribution in [3.05, 3.63) is 35.9 Å². The normalized spacial score (nSPS) is 26.5. The second-order valence-corrected chi connectivity index (χ2v) is 8.03. The molecule has 1 aromatic carbocycles. The van der Waals surface area contributed by atoms with Crippen LogP contribution in [0.25, 0.3) is 0 Å². The summed E-state index contributed by atoms with van der Waals surface area (Å²) in [4.78, 5) is 27.0. The van der Waals surface area contributed by atoms with Crippen LogP contribution in [0.5, 0.6) is 0 Å². The molecule has 0 spiro atoms. The number of ether oxygens (including phenoxy) is 1. The fourth-order valence-electron chi connectivity index (χ4n) is 4.71. The predicted molar refractivity (Wildman–Crippen MR) is 105 cm³/mol. The highest BCUT2D eigenvalue weighted by molar-refractivity contribution is 5.81. The van der Waals surface area contributed by atoms with Gasteiger partial charge in [-0.1, -0.05) is 30.3 Å². The number of rotatable bonds is 8. The lowest BCUT2D eigenvalue weighted by molar-refractivity contribution is -0.153. The van der Waals surface area contributed by atoms with Crippen LogP contribution < -0.4 is 5.32 Å². The molecule has 2 aliphatic carbocycles. The van der Waals surface area contributed by atoms with Crippen molar-refractivity contribution in [2.24, 2.45) is 17.8 Å². The van der Waals surface area contributed by atoms with E-state index in [1.807, 2.05) is 37.3 Å². The van der Waals surface area contributed by atoms with E-state index in [4.69, 9.17) is 10.00 Å². The van der Waals surface area contributed by atoms with E-state index in [1.54, 1.807) is 11.9 Å². The van der Waals surface area contributed by atoms with Gasteiger partial charge in [0.1, 0.15) is 6.61 Å². The molecule has 5 atom stereocenters. The summed E-state index contributed by atoms with van der Waals surface area (Å²) in [5.41, 5.74) is 0.978. The maximum Gasteiger partial charge on any atom is 0.311 e. The summed E-state index contributed by atoms with van der Waals surface area (Å²) in [5.74, 6) is 0.353. The Balaban J connectivity index is 1.60. The summed E-state index contributed by atoms with van der Waals surface area (Å²) in [6.45, 7) is 2.54. The van der Waals surface area contributed by atoms with Gasteiger partial charge in [0.2, 0.25) is 5.91 Å². The molecular formula is C22H29N3O3. The minimum absolute atomic E-state index is 0.0228. The topological polar surface area (TPSA) is 82.4 Å². The van der Waals surface area contributed by atoms with Gasteiger partial charge in [-0.3, -0.25) is 9.59 Å². The molecule has 1 amide bonds. The van der Waals surface area contributed by atoms with Crippen molar-refractivity contribution in [2.45, 2.75) is 51.3 Å². The van der Waals surface area contributed by atoms with Gasteiger partial charge in [0.05, 0.1) is 24.4 Å². The molecule has 6 nitrogen and oxygen atoms in total. The summed E-state index contributed by atoms with van der Waals surface area (Å²) in [6.07, 6.45) is 3.49. The first-order valence-corrected chi connectivity index (χ1v) is 10.1. The predicted octanol–water partition coefficient (Wildman–Crippen LogP) is 2.49. The van der Waals surface area contributed by atoms with Crippen LogP contribution >= 0.6 is 0 Å². The Morgan fingerprint density at radius 1 is 1.29 bits per heavy atom. The number of nitrogens with zero attached hydrogens (tertiary/aromatic N) is 2. The van der Waals surface area contributed by atoms with Crippen molar-refractivity contribution in [3.63, 3.8) is 0 Å². The van der Waals surface area contributed by atoms with Gasteiger partial charge in [0.15, 0.2) is 0 Å². The molecule has 2 bridgehead atoms. The highest BCUT2D eigenvalue weighted by atomic mass is 16.5. The number of benzene rings is 1. The zero-order valence-corrected chi connectivity index (χ0v) is 16.6. The molecule has 28 heavy (non-hydrogen) atoms. The smallest absolute Gasteiger partial charge is 0.311 e. The van der Waals surface area contributed by atoms with Gasteiger partial charge in [-0.05, 0) is 43.6 Å². The monoisotopic (exact) mass is 383 g/mol. The molecule has 0 unspecified atom stereocenters. The minimum Gasteiger partial charge on any atom is -0.461 e. The number of hydrogen-bond acceptors (Lipinski definition) is 5. The SMILES string of the molecule is C[C@H](N[C@@H]1[C@H]2CC[C@@H](C2)[C@@H]1C(=O)OCc1ccccc1)C(=O)N(C)CCC#N. The Labute approximate surface area is 166 Å². The summed E-state index contributed by atoms with van der Waals surface area (Å²) >= 11 is 0. The standard InChI is InChI=1S/C22H29N3O3/c1-15(21(26)25(2)12-6-11-23)24-20-18-10-9-17(13-18)19(20)22(27)28-14-16-7-4-3-5-8-16/h3-5,7-8,15,17-20,24H,6,9-10,12-14H2,1-2H3/t15-,17-,18-,19-,20+/m0/s1. The van der Waals surface area contributed by atoms with Crippen molar-refractivity contribution in [1.29, 1.82) is 5.26 Å². The molecule has 1 aromatic rings. The first-order valence-electron chi connectivity index (χ1n) is 10.1. The highest BCUT2D eigenvalue weighted by Gasteiger charge is 2.52. The van der Waals surface area contributed by atoms with E-state index in [0.29, 0.717) is 24.8 Å². The van der Waals surface area contributed by atoms with Crippen LogP contribution in [0.4, 0.5) is 0 Å². The van der Waals surface area contributed by atoms with Gasteiger partial charge in [0, 0.05) is 19.6 Å². The number of amides is 1. The number of carbonyl (C=O) groups excluding carboxylic acids is 2. The average molecular weight is 383 g/mol. The van der Waals surface area contributed by atoms with Crippen molar-refractivity contribution in [2.75, 3.05) is 13.6 Å². The largest absolute Gasteiger partial charge is 0.461 e. The lowest BCUT2D eigenvalue weighted by atomic mass is 9.84. The molecule has 6 heteroatoms.